The van der Waals surface area contributed by atoms with E-state index in [0.717, 1.165) is 29.8 Å². The lowest BCUT2D eigenvalue weighted by Gasteiger charge is -2.10. The Labute approximate surface area is 129 Å². The van der Waals surface area contributed by atoms with Crippen LogP contribution in [-0.2, 0) is 12.8 Å². The quantitative estimate of drug-likeness (QED) is 0.920. The van der Waals surface area contributed by atoms with Gasteiger partial charge in [0, 0.05) is 35.3 Å². The molecule has 0 aliphatic rings. The van der Waals surface area contributed by atoms with Crippen LogP contribution in [0.4, 0.5) is 4.39 Å². The van der Waals surface area contributed by atoms with Gasteiger partial charge in [0.25, 0.3) is 0 Å². The second kappa shape index (κ2) is 6.96. The predicted octanol–water partition coefficient (Wildman–Crippen LogP) is 3.45. The maximum atomic E-state index is 13.1. The molecule has 0 spiro atoms. The molecule has 21 heavy (non-hydrogen) atoms. The van der Waals surface area contributed by atoms with Gasteiger partial charge in [-0.25, -0.2) is 14.4 Å². The maximum absolute atomic E-state index is 13.1. The van der Waals surface area contributed by atoms with E-state index in [9.17, 15) is 4.39 Å². The van der Waals surface area contributed by atoms with E-state index >= 15 is 0 Å². The van der Waals surface area contributed by atoms with Crippen LogP contribution in [0.3, 0.4) is 0 Å². The Balaban J connectivity index is 2.23. The van der Waals surface area contributed by atoms with Crippen LogP contribution in [0.25, 0.3) is 0 Å². The highest BCUT2D eigenvalue weighted by molar-refractivity contribution is 6.31. The summed E-state index contributed by atoms with van der Waals surface area (Å²) < 4.78 is 13.1. The standard InChI is InChI=1S/C16H19ClFN3/c1-3-13(19)9-14-6-10(2)20-16(21-14)7-11-4-5-12(18)8-15(11)17/h4-6,8,13H,3,7,9,19H2,1-2H3. The first-order valence-electron chi connectivity index (χ1n) is 7.01. The summed E-state index contributed by atoms with van der Waals surface area (Å²) in [6, 6.07) is 6.42. The van der Waals surface area contributed by atoms with Crippen molar-refractivity contribution in [2.45, 2.75) is 39.2 Å². The Morgan fingerprint density at radius 2 is 2.05 bits per heavy atom. The van der Waals surface area contributed by atoms with E-state index in [1.165, 1.54) is 12.1 Å². The van der Waals surface area contributed by atoms with Gasteiger partial charge in [-0.15, -0.1) is 0 Å². The Morgan fingerprint density at radius 3 is 2.71 bits per heavy atom. The molecular weight excluding hydrogens is 289 g/mol. The van der Waals surface area contributed by atoms with E-state index in [1.54, 1.807) is 6.07 Å². The lowest BCUT2D eigenvalue weighted by atomic mass is 10.1. The molecule has 112 valence electrons. The van der Waals surface area contributed by atoms with Crippen LogP contribution in [0, 0.1) is 12.7 Å². The zero-order chi connectivity index (χ0) is 15.4. The van der Waals surface area contributed by atoms with Crippen molar-refractivity contribution < 1.29 is 4.39 Å². The van der Waals surface area contributed by atoms with Gasteiger partial charge in [-0.05, 0) is 37.1 Å². The molecule has 0 fully saturated rings. The minimum atomic E-state index is -0.344. The summed E-state index contributed by atoms with van der Waals surface area (Å²) in [5.74, 6) is 0.338. The number of halogens is 2. The first-order chi connectivity index (χ1) is 9.97. The van der Waals surface area contributed by atoms with Crippen molar-refractivity contribution >= 4 is 11.6 Å². The van der Waals surface area contributed by atoms with Crippen LogP contribution in [0.5, 0.6) is 0 Å². The Hall–Kier alpha value is -1.52. The van der Waals surface area contributed by atoms with E-state index in [1.807, 2.05) is 13.0 Å². The SMILES string of the molecule is CCC(N)Cc1cc(C)nc(Cc2ccc(F)cc2Cl)n1. The molecule has 1 atom stereocenters. The number of hydrogen-bond acceptors (Lipinski definition) is 3. The number of aryl methyl sites for hydroxylation is 1. The summed E-state index contributed by atoms with van der Waals surface area (Å²) >= 11 is 6.05. The number of benzene rings is 1. The summed E-state index contributed by atoms with van der Waals surface area (Å²) in [6.45, 7) is 3.98. The van der Waals surface area contributed by atoms with Gasteiger partial charge in [0.05, 0.1) is 0 Å². The zero-order valence-electron chi connectivity index (χ0n) is 12.2. The normalized spacial score (nSPS) is 12.4. The minimum Gasteiger partial charge on any atom is -0.327 e. The topological polar surface area (TPSA) is 51.8 Å². The summed E-state index contributed by atoms with van der Waals surface area (Å²) in [5, 5.41) is 0.395. The zero-order valence-corrected chi connectivity index (χ0v) is 13.0. The molecule has 1 unspecified atom stereocenters. The third-order valence-electron chi connectivity index (χ3n) is 3.31. The van der Waals surface area contributed by atoms with Gasteiger partial charge in [-0.1, -0.05) is 24.6 Å². The first-order valence-corrected chi connectivity index (χ1v) is 7.38. The van der Waals surface area contributed by atoms with Gasteiger partial charge < -0.3 is 5.73 Å². The van der Waals surface area contributed by atoms with Gasteiger partial charge in [-0.3, -0.25) is 0 Å². The largest absolute Gasteiger partial charge is 0.327 e. The van der Waals surface area contributed by atoms with Gasteiger partial charge in [0.1, 0.15) is 11.6 Å². The third-order valence-corrected chi connectivity index (χ3v) is 3.66. The molecule has 0 aliphatic heterocycles. The van der Waals surface area contributed by atoms with Crippen molar-refractivity contribution in [1.29, 1.82) is 0 Å². The van der Waals surface area contributed by atoms with E-state index in [-0.39, 0.29) is 11.9 Å². The van der Waals surface area contributed by atoms with Crippen molar-refractivity contribution in [2.24, 2.45) is 5.73 Å². The highest BCUT2D eigenvalue weighted by atomic mass is 35.5. The molecule has 0 saturated carbocycles. The molecule has 0 aliphatic carbocycles. The molecule has 1 aromatic carbocycles. The lowest BCUT2D eigenvalue weighted by Crippen LogP contribution is -2.22. The van der Waals surface area contributed by atoms with E-state index < -0.39 is 0 Å². The summed E-state index contributed by atoms with van der Waals surface area (Å²) in [5.41, 5.74) is 8.62. The van der Waals surface area contributed by atoms with Crippen LogP contribution < -0.4 is 5.73 Å². The minimum absolute atomic E-state index is 0.0987. The van der Waals surface area contributed by atoms with Gasteiger partial charge in [0.15, 0.2) is 0 Å². The van der Waals surface area contributed by atoms with Crippen LogP contribution in [-0.4, -0.2) is 16.0 Å². The van der Waals surface area contributed by atoms with Crippen LogP contribution in [0.15, 0.2) is 24.3 Å². The predicted molar refractivity (Wildman–Crippen MR) is 83.0 cm³/mol. The van der Waals surface area contributed by atoms with Crippen LogP contribution in [0.2, 0.25) is 5.02 Å². The maximum Gasteiger partial charge on any atom is 0.133 e. The van der Waals surface area contributed by atoms with E-state index in [2.05, 4.69) is 16.9 Å². The van der Waals surface area contributed by atoms with Crippen molar-refractivity contribution in [3.05, 3.63) is 57.9 Å². The molecule has 3 nitrogen and oxygen atoms in total. The van der Waals surface area contributed by atoms with Gasteiger partial charge in [-0.2, -0.15) is 0 Å². The fraction of sp³-hybridized carbons (Fsp3) is 0.375. The molecular formula is C16H19ClFN3. The monoisotopic (exact) mass is 307 g/mol. The average molecular weight is 308 g/mol. The fourth-order valence-corrected chi connectivity index (χ4v) is 2.37. The average Bonchev–Trinajstić information content (AvgIpc) is 2.41. The summed E-state index contributed by atoms with van der Waals surface area (Å²) in [6.07, 6.45) is 2.11. The van der Waals surface area contributed by atoms with Crippen LogP contribution in [0.1, 0.15) is 36.1 Å². The molecule has 0 amide bonds. The number of rotatable bonds is 5. The Kier molecular flexibility index (Phi) is 5.26. The van der Waals surface area contributed by atoms with Crippen molar-refractivity contribution in [3.8, 4) is 0 Å². The first kappa shape index (κ1) is 15.9. The van der Waals surface area contributed by atoms with Crippen molar-refractivity contribution in [3.63, 3.8) is 0 Å². The molecule has 5 heteroatoms. The molecule has 0 saturated heterocycles. The number of aromatic nitrogens is 2. The van der Waals surface area contributed by atoms with Crippen molar-refractivity contribution in [1.82, 2.24) is 9.97 Å². The van der Waals surface area contributed by atoms with E-state index in [4.69, 9.17) is 17.3 Å². The fourth-order valence-electron chi connectivity index (χ4n) is 2.13. The lowest BCUT2D eigenvalue weighted by molar-refractivity contribution is 0.626. The van der Waals surface area contributed by atoms with Crippen molar-refractivity contribution in [2.75, 3.05) is 0 Å². The number of nitrogens with zero attached hydrogens (tertiary/aromatic N) is 2. The molecule has 1 aromatic heterocycles. The molecule has 0 radical (unpaired) electrons. The van der Waals surface area contributed by atoms with E-state index in [0.29, 0.717) is 17.3 Å². The molecule has 2 rings (SSSR count). The van der Waals surface area contributed by atoms with Crippen LogP contribution >= 0.6 is 11.6 Å². The second-order valence-corrected chi connectivity index (χ2v) is 5.61. The Bertz CT molecular complexity index is 631. The highest BCUT2D eigenvalue weighted by Crippen LogP contribution is 2.19. The third kappa shape index (κ3) is 4.48. The Morgan fingerprint density at radius 1 is 1.29 bits per heavy atom. The van der Waals surface area contributed by atoms with Gasteiger partial charge >= 0.3 is 0 Å². The number of hydrogen-bond donors (Lipinski definition) is 1. The molecule has 2 aromatic rings. The smallest absolute Gasteiger partial charge is 0.133 e. The molecule has 2 N–H and O–H groups in total. The number of nitrogens with two attached hydrogens (primary N) is 1. The summed E-state index contributed by atoms with van der Waals surface area (Å²) in [7, 11) is 0. The second-order valence-electron chi connectivity index (χ2n) is 5.20. The highest BCUT2D eigenvalue weighted by Gasteiger charge is 2.09. The summed E-state index contributed by atoms with van der Waals surface area (Å²) in [4.78, 5) is 8.96. The molecule has 0 bridgehead atoms. The van der Waals surface area contributed by atoms with Gasteiger partial charge in [0.2, 0.25) is 0 Å². The molecule has 1 heterocycles.